The molecule has 0 unspecified atom stereocenters. The molecular formula is C18H27N5O2+2. The van der Waals surface area contributed by atoms with Crippen molar-refractivity contribution in [1.29, 1.82) is 0 Å². The number of hydrogen-bond acceptors (Lipinski definition) is 4. The number of aromatic nitrogens is 2. The van der Waals surface area contributed by atoms with Gasteiger partial charge in [-0.1, -0.05) is 18.2 Å². The van der Waals surface area contributed by atoms with Crippen LogP contribution in [-0.4, -0.2) is 48.8 Å². The molecule has 25 heavy (non-hydrogen) atoms. The number of para-hydroxylation sites is 1. The lowest BCUT2D eigenvalue weighted by Gasteiger charge is -2.28. The molecule has 1 aliphatic rings. The summed E-state index contributed by atoms with van der Waals surface area (Å²) in [6.45, 7) is 11.1. The first kappa shape index (κ1) is 17.6. The van der Waals surface area contributed by atoms with Gasteiger partial charge in [-0.15, -0.1) is 10.2 Å². The minimum atomic E-state index is 0.0865. The Labute approximate surface area is 148 Å². The number of carbonyl (C=O) groups excluding carboxylic acids is 1. The lowest BCUT2D eigenvalue weighted by molar-refractivity contribution is -1.02. The average molecular weight is 345 g/mol. The zero-order valence-electron chi connectivity index (χ0n) is 15.2. The molecule has 0 spiro atoms. The molecule has 3 rings (SSSR count). The van der Waals surface area contributed by atoms with Crippen molar-refractivity contribution in [1.82, 2.24) is 10.2 Å². The van der Waals surface area contributed by atoms with Crippen molar-refractivity contribution >= 4 is 11.6 Å². The van der Waals surface area contributed by atoms with Crippen LogP contribution in [0.5, 0.6) is 0 Å². The molecule has 1 fully saturated rings. The fraction of sp³-hybridized carbons (Fsp3) is 0.500. The van der Waals surface area contributed by atoms with Gasteiger partial charge in [0.2, 0.25) is 5.89 Å². The maximum atomic E-state index is 12.4. The topological polar surface area (TPSA) is 76.9 Å². The van der Waals surface area contributed by atoms with Crippen molar-refractivity contribution in [3.63, 3.8) is 0 Å². The number of benzene rings is 1. The van der Waals surface area contributed by atoms with Crippen molar-refractivity contribution in [3.05, 3.63) is 41.1 Å². The molecule has 0 bridgehead atoms. The lowest BCUT2D eigenvalue weighted by Crippen LogP contribution is -3.28. The minimum Gasteiger partial charge on any atom is -0.420 e. The van der Waals surface area contributed by atoms with Crippen LogP contribution in [0.4, 0.5) is 5.69 Å². The maximum absolute atomic E-state index is 12.4. The summed E-state index contributed by atoms with van der Waals surface area (Å²) in [4.78, 5) is 15.1. The number of rotatable bonds is 5. The summed E-state index contributed by atoms with van der Waals surface area (Å²) in [5, 5.41) is 11.0. The normalized spacial score (nSPS) is 20.4. The second-order valence-corrected chi connectivity index (χ2v) is 6.88. The van der Waals surface area contributed by atoms with Crippen molar-refractivity contribution in [2.75, 3.05) is 38.0 Å². The van der Waals surface area contributed by atoms with E-state index in [1.54, 1.807) is 0 Å². The SMILES string of the molecule is Cc1nnc(C[NH+]2CC[NH+](CC(=O)Nc3c(C)cccc3C)CC2)o1. The van der Waals surface area contributed by atoms with Gasteiger partial charge in [0.1, 0.15) is 26.2 Å². The van der Waals surface area contributed by atoms with Crippen molar-refractivity contribution < 1.29 is 19.0 Å². The van der Waals surface area contributed by atoms with Crippen LogP contribution >= 0.6 is 0 Å². The molecular weight excluding hydrogens is 318 g/mol. The van der Waals surface area contributed by atoms with Gasteiger partial charge in [0.15, 0.2) is 13.1 Å². The minimum absolute atomic E-state index is 0.0865. The molecule has 1 aromatic carbocycles. The molecule has 7 heteroatoms. The molecule has 2 aromatic rings. The molecule has 0 radical (unpaired) electrons. The Kier molecular flexibility index (Phi) is 5.45. The summed E-state index contributed by atoms with van der Waals surface area (Å²) in [5.41, 5.74) is 3.16. The van der Waals surface area contributed by atoms with Crippen molar-refractivity contribution in [3.8, 4) is 0 Å². The molecule has 0 atom stereocenters. The van der Waals surface area contributed by atoms with E-state index >= 15 is 0 Å². The summed E-state index contributed by atoms with van der Waals surface area (Å²) in [6.07, 6.45) is 0. The Balaban J connectivity index is 1.46. The van der Waals surface area contributed by atoms with E-state index in [1.165, 1.54) is 9.80 Å². The van der Waals surface area contributed by atoms with E-state index in [1.807, 2.05) is 39.0 Å². The number of quaternary nitrogens is 2. The summed E-state index contributed by atoms with van der Waals surface area (Å²) in [6, 6.07) is 6.06. The second kappa shape index (κ2) is 7.76. The molecule has 2 heterocycles. The van der Waals surface area contributed by atoms with Crippen LogP contribution in [0, 0.1) is 20.8 Å². The molecule has 1 saturated heterocycles. The van der Waals surface area contributed by atoms with Gasteiger partial charge in [-0.05, 0) is 25.0 Å². The van der Waals surface area contributed by atoms with E-state index in [2.05, 4.69) is 15.5 Å². The van der Waals surface area contributed by atoms with Gasteiger partial charge in [-0.3, -0.25) is 4.79 Å². The number of piperazine rings is 1. The predicted molar refractivity (Wildman–Crippen MR) is 93.5 cm³/mol. The van der Waals surface area contributed by atoms with E-state index in [4.69, 9.17) is 4.42 Å². The van der Waals surface area contributed by atoms with Crippen LogP contribution in [0.3, 0.4) is 0 Å². The Bertz CT molecular complexity index is 715. The van der Waals surface area contributed by atoms with E-state index in [0.717, 1.165) is 49.5 Å². The van der Waals surface area contributed by atoms with E-state index in [-0.39, 0.29) is 5.91 Å². The predicted octanol–water partition coefficient (Wildman–Crippen LogP) is -1.08. The highest BCUT2D eigenvalue weighted by atomic mass is 16.4. The molecule has 1 amide bonds. The van der Waals surface area contributed by atoms with Crippen molar-refractivity contribution in [2.45, 2.75) is 27.3 Å². The van der Waals surface area contributed by atoms with Crippen LogP contribution in [0.25, 0.3) is 0 Å². The van der Waals surface area contributed by atoms with E-state index in [0.29, 0.717) is 18.3 Å². The van der Waals surface area contributed by atoms with Gasteiger partial charge in [-0.25, -0.2) is 0 Å². The van der Waals surface area contributed by atoms with Gasteiger partial charge in [0.25, 0.3) is 11.8 Å². The standard InChI is InChI=1S/C18H25N5O2/c1-13-5-4-6-14(2)18(13)19-16(24)11-22-7-9-23(10-8-22)12-17-21-20-15(3)25-17/h4-6H,7-12H2,1-3H3,(H,19,24)/p+2. The van der Waals surface area contributed by atoms with Gasteiger partial charge in [0.05, 0.1) is 0 Å². The van der Waals surface area contributed by atoms with Crippen LogP contribution in [-0.2, 0) is 11.3 Å². The Morgan fingerprint density at radius 2 is 1.72 bits per heavy atom. The van der Waals surface area contributed by atoms with Crippen LogP contribution in [0.1, 0.15) is 22.9 Å². The molecule has 1 aliphatic heterocycles. The van der Waals surface area contributed by atoms with Crippen molar-refractivity contribution in [2.24, 2.45) is 0 Å². The van der Waals surface area contributed by atoms with Crippen LogP contribution < -0.4 is 15.1 Å². The molecule has 1 aromatic heterocycles. The molecule has 0 aliphatic carbocycles. The fourth-order valence-electron chi connectivity index (χ4n) is 3.36. The Hall–Kier alpha value is -2.25. The second-order valence-electron chi connectivity index (χ2n) is 6.88. The monoisotopic (exact) mass is 345 g/mol. The van der Waals surface area contributed by atoms with Crippen LogP contribution in [0.2, 0.25) is 0 Å². The zero-order valence-corrected chi connectivity index (χ0v) is 15.2. The summed E-state index contributed by atoms with van der Waals surface area (Å²) < 4.78 is 5.45. The number of anilines is 1. The van der Waals surface area contributed by atoms with Gasteiger partial charge in [0, 0.05) is 12.6 Å². The number of carbonyl (C=O) groups is 1. The third-order valence-corrected chi connectivity index (χ3v) is 4.79. The maximum Gasteiger partial charge on any atom is 0.279 e. The van der Waals surface area contributed by atoms with E-state index < -0.39 is 0 Å². The zero-order chi connectivity index (χ0) is 17.8. The number of nitrogens with zero attached hydrogens (tertiary/aromatic N) is 2. The largest absolute Gasteiger partial charge is 0.420 e. The highest BCUT2D eigenvalue weighted by Gasteiger charge is 2.26. The third-order valence-electron chi connectivity index (χ3n) is 4.79. The lowest BCUT2D eigenvalue weighted by atomic mass is 10.1. The number of aryl methyl sites for hydroxylation is 3. The quantitative estimate of drug-likeness (QED) is 0.644. The first-order valence-electron chi connectivity index (χ1n) is 8.83. The third kappa shape index (κ3) is 4.64. The molecule has 0 saturated carbocycles. The highest BCUT2D eigenvalue weighted by molar-refractivity contribution is 5.93. The number of amides is 1. The average Bonchev–Trinajstić information content (AvgIpc) is 2.98. The summed E-state index contributed by atoms with van der Waals surface area (Å²) >= 11 is 0. The smallest absolute Gasteiger partial charge is 0.279 e. The molecule has 134 valence electrons. The number of hydrogen-bond donors (Lipinski definition) is 3. The van der Waals surface area contributed by atoms with Gasteiger partial charge < -0.3 is 19.5 Å². The fourth-order valence-corrected chi connectivity index (χ4v) is 3.36. The Morgan fingerprint density at radius 1 is 1.08 bits per heavy atom. The first-order valence-corrected chi connectivity index (χ1v) is 8.83. The molecule has 7 nitrogen and oxygen atoms in total. The van der Waals surface area contributed by atoms with Gasteiger partial charge in [-0.2, -0.15) is 0 Å². The highest BCUT2D eigenvalue weighted by Crippen LogP contribution is 2.18. The molecule has 3 N–H and O–H groups in total. The van der Waals surface area contributed by atoms with Crippen LogP contribution in [0.15, 0.2) is 22.6 Å². The van der Waals surface area contributed by atoms with Gasteiger partial charge >= 0.3 is 0 Å². The summed E-state index contributed by atoms with van der Waals surface area (Å²) in [5.74, 6) is 1.40. The number of nitrogens with one attached hydrogen (secondary N) is 3. The first-order chi connectivity index (χ1) is 12.0. The Morgan fingerprint density at radius 3 is 2.32 bits per heavy atom. The summed E-state index contributed by atoms with van der Waals surface area (Å²) in [7, 11) is 0. The van der Waals surface area contributed by atoms with E-state index in [9.17, 15) is 4.79 Å².